The van der Waals surface area contributed by atoms with Gasteiger partial charge in [-0.1, -0.05) is 43.3 Å². The van der Waals surface area contributed by atoms with E-state index >= 15 is 0 Å². The Labute approximate surface area is 170 Å². The van der Waals surface area contributed by atoms with Crippen LogP contribution >= 0.6 is 0 Å². The largest absolute Gasteiger partial charge is 0.491 e. The summed E-state index contributed by atoms with van der Waals surface area (Å²) in [6.07, 6.45) is 4.39. The molecule has 5 heteroatoms. The lowest BCUT2D eigenvalue weighted by molar-refractivity contribution is 0.271. The molecule has 2 N–H and O–H groups in total. The Bertz CT molecular complexity index is 1090. The Hall–Kier alpha value is -3.18. The third-order valence-corrected chi connectivity index (χ3v) is 4.87. The average molecular weight is 387 g/mol. The molecule has 2 aromatic carbocycles. The van der Waals surface area contributed by atoms with Crippen LogP contribution in [0.3, 0.4) is 0 Å². The van der Waals surface area contributed by atoms with E-state index in [0.717, 1.165) is 39.8 Å². The number of hydrogen-bond donors (Lipinski definition) is 1. The molecule has 0 bridgehead atoms. The maximum absolute atomic E-state index is 6.21. The second-order valence-electron chi connectivity index (χ2n) is 7.66. The van der Waals surface area contributed by atoms with Crippen LogP contribution in [-0.4, -0.2) is 22.8 Å². The van der Waals surface area contributed by atoms with Gasteiger partial charge in [-0.15, -0.1) is 0 Å². The van der Waals surface area contributed by atoms with Crippen LogP contribution in [0.25, 0.3) is 33.4 Å². The van der Waals surface area contributed by atoms with E-state index in [-0.39, 0.29) is 6.04 Å². The lowest BCUT2D eigenvalue weighted by Gasteiger charge is -2.17. The van der Waals surface area contributed by atoms with E-state index in [1.165, 1.54) is 0 Å². The van der Waals surface area contributed by atoms with Crippen molar-refractivity contribution in [2.45, 2.75) is 26.3 Å². The summed E-state index contributed by atoms with van der Waals surface area (Å²) >= 11 is 0. The summed E-state index contributed by atoms with van der Waals surface area (Å²) in [5.41, 5.74) is 10.2. The predicted molar refractivity (Wildman–Crippen MR) is 116 cm³/mol. The first-order chi connectivity index (χ1) is 14.1. The molecule has 148 valence electrons. The van der Waals surface area contributed by atoms with E-state index in [1.54, 1.807) is 6.20 Å². The van der Waals surface area contributed by atoms with E-state index in [0.29, 0.717) is 18.3 Å². The van der Waals surface area contributed by atoms with Crippen molar-refractivity contribution in [3.8, 4) is 28.2 Å². The Kier molecular flexibility index (Phi) is 5.58. The summed E-state index contributed by atoms with van der Waals surface area (Å²) in [5, 5.41) is 4.96. The van der Waals surface area contributed by atoms with Crippen molar-refractivity contribution in [1.82, 2.24) is 10.1 Å². The van der Waals surface area contributed by atoms with Gasteiger partial charge in [0.1, 0.15) is 12.4 Å². The van der Waals surface area contributed by atoms with Gasteiger partial charge in [0.2, 0.25) is 0 Å². The number of nitrogens with two attached hydrogens (primary N) is 1. The van der Waals surface area contributed by atoms with Crippen LogP contribution in [0, 0.1) is 5.92 Å². The highest BCUT2D eigenvalue weighted by molar-refractivity contribution is 5.95. The topological polar surface area (TPSA) is 74.2 Å². The van der Waals surface area contributed by atoms with Gasteiger partial charge in [0, 0.05) is 23.7 Å². The lowest BCUT2D eigenvalue weighted by Crippen LogP contribution is -2.29. The molecule has 0 saturated carbocycles. The molecule has 1 atom stereocenters. The minimum atomic E-state index is -0.0126. The van der Waals surface area contributed by atoms with Crippen molar-refractivity contribution in [2.75, 3.05) is 6.61 Å². The minimum absolute atomic E-state index is 0.0126. The summed E-state index contributed by atoms with van der Waals surface area (Å²) in [6, 6.07) is 18.1. The number of aromatic nitrogens is 2. The maximum atomic E-state index is 6.21. The highest BCUT2D eigenvalue weighted by Crippen LogP contribution is 2.36. The van der Waals surface area contributed by atoms with Gasteiger partial charge >= 0.3 is 0 Å². The fraction of sp³-hybridized carbons (Fsp3) is 0.250. The van der Waals surface area contributed by atoms with Gasteiger partial charge in [0.15, 0.2) is 5.76 Å². The van der Waals surface area contributed by atoms with Gasteiger partial charge in [-0.05, 0) is 47.7 Å². The second-order valence-corrected chi connectivity index (χ2v) is 7.66. The van der Waals surface area contributed by atoms with Crippen LogP contribution < -0.4 is 10.5 Å². The molecule has 0 aliphatic rings. The molecule has 29 heavy (non-hydrogen) atoms. The van der Waals surface area contributed by atoms with Crippen LogP contribution in [0.1, 0.15) is 20.3 Å². The van der Waals surface area contributed by atoms with E-state index in [9.17, 15) is 0 Å². The molecule has 4 rings (SSSR count). The van der Waals surface area contributed by atoms with Crippen LogP contribution in [-0.2, 0) is 0 Å². The van der Waals surface area contributed by atoms with Crippen molar-refractivity contribution in [1.29, 1.82) is 0 Å². The zero-order chi connectivity index (χ0) is 20.2. The van der Waals surface area contributed by atoms with Crippen molar-refractivity contribution < 1.29 is 9.26 Å². The first-order valence-corrected chi connectivity index (χ1v) is 9.89. The molecule has 0 aliphatic carbocycles. The number of ether oxygens (including phenoxy) is 1. The first-order valence-electron chi connectivity index (χ1n) is 9.89. The number of fused-ring (bicyclic) bond motifs is 1. The van der Waals surface area contributed by atoms with E-state index in [1.807, 2.05) is 42.6 Å². The number of para-hydroxylation sites is 1. The Morgan fingerprint density at radius 3 is 2.66 bits per heavy atom. The number of hydrogen-bond acceptors (Lipinski definition) is 5. The van der Waals surface area contributed by atoms with Crippen molar-refractivity contribution in [3.63, 3.8) is 0 Å². The Balaban J connectivity index is 1.71. The van der Waals surface area contributed by atoms with Crippen LogP contribution in [0.5, 0.6) is 5.75 Å². The van der Waals surface area contributed by atoms with Gasteiger partial charge < -0.3 is 15.0 Å². The number of rotatable bonds is 7. The summed E-state index contributed by atoms with van der Waals surface area (Å²) in [7, 11) is 0. The molecular formula is C24H25N3O2. The molecular weight excluding hydrogens is 362 g/mol. The number of pyridine rings is 1. The first kappa shape index (κ1) is 19.2. The highest BCUT2D eigenvalue weighted by atomic mass is 16.5. The molecule has 0 radical (unpaired) electrons. The smallest absolute Gasteiger partial charge is 0.170 e. The molecule has 0 amide bonds. The van der Waals surface area contributed by atoms with Gasteiger partial charge in [-0.2, -0.15) is 0 Å². The summed E-state index contributed by atoms with van der Waals surface area (Å²) in [5.74, 6) is 1.94. The number of benzene rings is 2. The SMILES string of the molecule is CC(C)CC(N)COc1ccc(-c2ccnc3ccccc23)cc1-c1ccno1. The fourth-order valence-electron chi connectivity index (χ4n) is 3.59. The van der Waals surface area contributed by atoms with Gasteiger partial charge in [0.05, 0.1) is 17.3 Å². The van der Waals surface area contributed by atoms with Crippen LogP contribution in [0.15, 0.2) is 71.5 Å². The second kappa shape index (κ2) is 8.45. The monoisotopic (exact) mass is 387 g/mol. The Morgan fingerprint density at radius 1 is 1.00 bits per heavy atom. The van der Waals surface area contributed by atoms with Crippen LogP contribution in [0.4, 0.5) is 0 Å². The molecule has 2 heterocycles. The lowest BCUT2D eigenvalue weighted by atomic mass is 9.98. The molecule has 0 fully saturated rings. The average Bonchev–Trinajstić information content (AvgIpc) is 3.26. The van der Waals surface area contributed by atoms with Gasteiger partial charge in [-0.3, -0.25) is 4.98 Å². The summed E-state index contributed by atoms with van der Waals surface area (Å²) in [4.78, 5) is 4.46. The summed E-state index contributed by atoms with van der Waals surface area (Å²) in [6.45, 7) is 4.78. The molecule has 2 aromatic heterocycles. The van der Waals surface area contributed by atoms with Gasteiger partial charge in [-0.25, -0.2) is 0 Å². The molecule has 4 aromatic rings. The molecule has 1 unspecified atom stereocenters. The van der Waals surface area contributed by atoms with Crippen molar-refractivity contribution in [2.24, 2.45) is 11.7 Å². The maximum Gasteiger partial charge on any atom is 0.170 e. The zero-order valence-corrected chi connectivity index (χ0v) is 16.7. The number of nitrogens with zero attached hydrogens (tertiary/aromatic N) is 2. The predicted octanol–water partition coefficient (Wildman–Crippen LogP) is 5.31. The highest BCUT2D eigenvalue weighted by Gasteiger charge is 2.15. The molecule has 5 nitrogen and oxygen atoms in total. The van der Waals surface area contributed by atoms with Crippen molar-refractivity contribution >= 4 is 10.9 Å². The third kappa shape index (κ3) is 4.30. The Morgan fingerprint density at radius 2 is 1.86 bits per heavy atom. The molecule has 0 spiro atoms. The standard InChI is InChI=1S/C24H25N3O2/c1-16(2)13-18(25)15-28-23-8-7-17(14-21(23)24-10-12-27-29-24)19-9-11-26-22-6-4-3-5-20(19)22/h3-12,14,16,18H,13,15,25H2,1-2H3. The van der Waals surface area contributed by atoms with E-state index < -0.39 is 0 Å². The third-order valence-electron chi connectivity index (χ3n) is 4.87. The van der Waals surface area contributed by atoms with E-state index in [2.05, 4.69) is 42.2 Å². The van der Waals surface area contributed by atoms with E-state index in [4.69, 9.17) is 15.0 Å². The minimum Gasteiger partial charge on any atom is -0.491 e. The fourth-order valence-corrected chi connectivity index (χ4v) is 3.59. The molecule has 0 aliphatic heterocycles. The summed E-state index contributed by atoms with van der Waals surface area (Å²) < 4.78 is 11.5. The quantitative estimate of drug-likeness (QED) is 0.465. The normalized spacial score (nSPS) is 12.4. The van der Waals surface area contributed by atoms with Crippen LogP contribution in [0.2, 0.25) is 0 Å². The van der Waals surface area contributed by atoms with Crippen molar-refractivity contribution in [3.05, 3.63) is 67.0 Å². The zero-order valence-electron chi connectivity index (χ0n) is 16.7. The molecule has 0 saturated heterocycles. The van der Waals surface area contributed by atoms with Gasteiger partial charge in [0.25, 0.3) is 0 Å².